The Labute approximate surface area is 154 Å². The SMILES string of the molecule is CC1(C)OB(c2ccc3ccn(C4=CCCC=C4)c(=O)c3c2)OC1(C)C. The molecule has 4 rings (SSSR count). The first kappa shape index (κ1) is 17.3. The normalized spacial score (nSPS) is 21.2. The van der Waals surface area contributed by atoms with Crippen LogP contribution in [-0.2, 0) is 9.31 Å². The molecule has 2 aromatic rings. The van der Waals surface area contributed by atoms with E-state index in [1.54, 1.807) is 4.57 Å². The van der Waals surface area contributed by atoms with Gasteiger partial charge < -0.3 is 9.31 Å². The predicted molar refractivity (Wildman–Crippen MR) is 107 cm³/mol. The molecule has 0 unspecified atom stereocenters. The molecule has 4 nitrogen and oxygen atoms in total. The second-order valence-corrected chi connectivity index (χ2v) is 8.03. The molecule has 0 saturated carbocycles. The molecule has 2 aliphatic rings. The van der Waals surface area contributed by atoms with Crippen molar-refractivity contribution in [3.63, 3.8) is 0 Å². The molecule has 1 saturated heterocycles. The van der Waals surface area contributed by atoms with E-state index >= 15 is 0 Å². The van der Waals surface area contributed by atoms with Gasteiger partial charge in [-0.3, -0.25) is 9.36 Å². The van der Waals surface area contributed by atoms with Crippen LogP contribution in [0.4, 0.5) is 0 Å². The molecule has 134 valence electrons. The van der Waals surface area contributed by atoms with Crippen LogP contribution < -0.4 is 11.0 Å². The van der Waals surface area contributed by atoms with E-state index in [0.717, 1.165) is 29.4 Å². The van der Waals surface area contributed by atoms with Crippen LogP contribution in [0.25, 0.3) is 16.5 Å². The summed E-state index contributed by atoms with van der Waals surface area (Å²) in [5, 5.41) is 1.60. The van der Waals surface area contributed by atoms with Gasteiger partial charge in [-0.25, -0.2) is 0 Å². The second kappa shape index (κ2) is 5.97. The van der Waals surface area contributed by atoms with E-state index in [4.69, 9.17) is 9.31 Å². The third-order valence-corrected chi connectivity index (χ3v) is 5.71. The lowest BCUT2D eigenvalue weighted by Crippen LogP contribution is -2.41. The first-order chi connectivity index (χ1) is 12.3. The quantitative estimate of drug-likeness (QED) is 0.780. The molecule has 5 heteroatoms. The molecule has 1 aromatic heterocycles. The lowest BCUT2D eigenvalue weighted by molar-refractivity contribution is 0.00578. The summed E-state index contributed by atoms with van der Waals surface area (Å²) < 4.78 is 14.0. The highest BCUT2D eigenvalue weighted by atomic mass is 16.7. The molecule has 0 amide bonds. The Bertz CT molecular complexity index is 968. The number of aromatic nitrogens is 1. The number of rotatable bonds is 2. The minimum absolute atomic E-state index is 0.0151. The predicted octanol–water partition coefficient (Wildman–Crippen LogP) is 3.49. The molecule has 1 fully saturated rings. The monoisotopic (exact) mass is 349 g/mol. The van der Waals surface area contributed by atoms with Gasteiger partial charge in [-0.2, -0.15) is 0 Å². The van der Waals surface area contributed by atoms with Crippen molar-refractivity contribution >= 4 is 29.1 Å². The minimum Gasteiger partial charge on any atom is -0.399 e. The van der Waals surface area contributed by atoms with Crippen molar-refractivity contribution in [2.24, 2.45) is 0 Å². The largest absolute Gasteiger partial charge is 0.494 e. The zero-order chi connectivity index (χ0) is 18.5. The van der Waals surface area contributed by atoms with Gasteiger partial charge in [0.2, 0.25) is 0 Å². The van der Waals surface area contributed by atoms with Crippen molar-refractivity contribution in [3.8, 4) is 0 Å². The van der Waals surface area contributed by atoms with Gasteiger partial charge in [0, 0.05) is 17.3 Å². The molecule has 1 aromatic carbocycles. The third kappa shape index (κ3) is 2.76. The van der Waals surface area contributed by atoms with Gasteiger partial charge >= 0.3 is 7.12 Å². The van der Waals surface area contributed by atoms with E-state index in [0.29, 0.717) is 5.39 Å². The van der Waals surface area contributed by atoms with Crippen molar-refractivity contribution in [1.82, 2.24) is 4.57 Å². The van der Waals surface area contributed by atoms with E-state index < -0.39 is 18.3 Å². The highest BCUT2D eigenvalue weighted by molar-refractivity contribution is 6.62. The molecule has 0 spiro atoms. The first-order valence-electron chi connectivity index (χ1n) is 9.17. The standard InChI is InChI=1S/C21H24BNO3/c1-20(2)21(3,4)26-22(25-20)16-11-10-15-12-13-23(19(24)18(15)14-16)17-8-6-5-7-9-17/h6,8-14H,5,7H2,1-4H3. The number of hydrogen-bond acceptors (Lipinski definition) is 3. The van der Waals surface area contributed by atoms with E-state index in [1.807, 2.05) is 64.2 Å². The van der Waals surface area contributed by atoms with Crippen molar-refractivity contribution in [2.45, 2.75) is 51.7 Å². The number of pyridine rings is 1. The number of nitrogens with zero attached hydrogens (tertiary/aromatic N) is 1. The third-order valence-electron chi connectivity index (χ3n) is 5.71. The van der Waals surface area contributed by atoms with Crippen molar-refractivity contribution in [3.05, 3.63) is 59.0 Å². The molecule has 0 bridgehead atoms. The summed E-state index contributed by atoms with van der Waals surface area (Å²) in [5.74, 6) is 0. The average molecular weight is 349 g/mol. The molecular formula is C21H24BNO3. The second-order valence-electron chi connectivity index (χ2n) is 8.03. The molecule has 0 radical (unpaired) electrons. The molecule has 0 N–H and O–H groups in total. The Kier molecular flexibility index (Phi) is 3.97. The van der Waals surface area contributed by atoms with Crippen LogP contribution in [0.3, 0.4) is 0 Å². The number of fused-ring (bicyclic) bond motifs is 1. The fourth-order valence-corrected chi connectivity index (χ4v) is 3.36. The lowest BCUT2D eigenvalue weighted by Gasteiger charge is -2.32. The number of hydrogen-bond donors (Lipinski definition) is 0. The maximum Gasteiger partial charge on any atom is 0.494 e. The van der Waals surface area contributed by atoms with Crippen LogP contribution in [0.5, 0.6) is 0 Å². The molecule has 2 heterocycles. The Hall–Kier alpha value is -2.11. The zero-order valence-electron chi connectivity index (χ0n) is 15.8. The van der Waals surface area contributed by atoms with E-state index in [1.165, 1.54) is 0 Å². The maximum atomic E-state index is 13.1. The summed E-state index contributed by atoms with van der Waals surface area (Å²) in [7, 11) is -0.466. The molecule has 1 aliphatic heterocycles. The van der Waals surface area contributed by atoms with Gasteiger partial charge in [-0.15, -0.1) is 0 Å². The summed E-state index contributed by atoms with van der Waals surface area (Å²) in [6.07, 6.45) is 10.1. The fourth-order valence-electron chi connectivity index (χ4n) is 3.36. The van der Waals surface area contributed by atoms with Gasteiger partial charge in [-0.1, -0.05) is 24.3 Å². The fraction of sp³-hybridized carbons (Fsp3) is 0.381. The highest BCUT2D eigenvalue weighted by Crippen LogP contribution is 2.36. The maximum absolute atomic E-state index is 13.1. The van der Waals surface area contributed by atoms with Gasteiger partial charge in [0.25, 0.3) is 5.56 Å². The molecule has 26 heavy (non-hydrogen) atoms. The lowest BCUT2D eigenvalue weighted by atomic mass is 9.78. The number of allylic oxidation sites excluding steroid dienone is 4. The average Bonchev–Trinajstić information content (AvgIpc) is 2.83. The Morgan fingerprint density at radius 3 is 2.42 bits per heavy atom. The summed E-state index contributed by atoms with van der Waals surface area (Å²) in [6, 6.07) is 7.83. The summed E-state index contributed by atoms with van der Waals surface area (Å²) in [5.41, 5.74) is 0.990. The molecule has 0 atom stereocenters. The Balaban J connectivity index is 1.78. The topological polar surface area (TPSA) is 40.5 Å². The van der Waals surface area contributed by atoms with E-state index in [2.05, 4.69) is 12.2 Å². The number of benzene rings is 1. The summed E-state index contributed by atoms with van der Waals surface area (Å²) in [4.78, 5) is 13.1. The van der Waals surface area contributed by atoms with Crippen LogP contribution in [0.15, 0.2) is 53.5 Å². The first-order valence-corrected chi connectivity index (χ1v) is 9.17. The van der Waals surface area contributed by atoms with Crippen LogP contribution in [0, 0.1) is 0 Å². The van der Waals surface area contributed by atoms with Crippen LogP contribution >= 0.6 is 0 Å². The zero-order valence-corrected chi connectivity index (χ0v) is 15.8. The van der Waals surface area contributed by atoms with E-state index in [-0.39, 0.29) is 5.56 Å². The minimum atomic E-state index is -0.466. The van der Waals surface area contributed by atoms with Crippen molar-refractivity contribution in [2.75, 3.05) is 0 Å². The van der Waals surface area contributed by atoms with Gasteiger partial charge in [0.05, 0.1) is 11.2 Å². The Morgan fingerprint density at radius 1 is 1.04 bits per heavy atom. The van der Waals surface area contributed by atoms with Crippen LogP contribution in [-0.4, -0.2) is 22.9 Å². The van der Waals surface area contributed by atoms with Gasteiger partial charge in [0.1, 0.15) is 0 Å². The van der Waals surface area contributed by atoms with Crippen molar-refractivity contribution in [1.29, 1.82) is 0 Å². The van der Waals surface area contributed by atoms with Gasteiger partial charge in [0.15, 0.2) is 0 Å². The van der Waals surface area contributed by atoms with Crippen LogP contribution in [0.1, 0.15) is 40.5 Å². The van der Waals surface area contributed by atoms with Crippen LogP contribution in [0.2, 0.25) is 0 Å². The smallest absolute Gasteiger partial charge is 0.399 e. The molecular weight excluding hydrogens is 325 g/mol. The van der Waals surface area contributed by atoms with Gasteiger partial charge in [-0.05, 0) is 69.6 Å². The molecule has 1 aliphatic carbocycles. The van der Waals surface area contributed by atoms with Crippen molar-refractivity contribution < 1.29 is 9.31 Å². The van der Waals surface area contributed by atoms with E-state index in [9.17, 15) is 4.79 Å². The highest BCUT2D eigenvalue weighted by Gasteiger charge is 2.51. The summed E-state index contributed by atoms with van der Waals surface area (Å²) >= 11 is 0. The summed E-state index contributed by atoms with van der Waals surface area (Å²) in [6.45, 7) is 8.12. The Morgan fingerprint density at radius 2 is 1.77 bits per heavy atom.